The second-order valence-electron chi connectivity index (χ2n) is 6.73. The normalized spacial score (nSPS) is 13.0. The molecule has 0 radical (unpaired) electrons. The molecule has 3 rings (SSSR count). The van der Waals surface area contributed by atoms with Crippen molar-refractivity contribution >= 4 is 24.2 Å². The Hall–Kier alpha value is -2.57. The highest BCUT2D eigenvalue weighted by molar-refractivity contribution is 5.94. The lowest BCUT2D eigenvalue weighted by Gasteiger charge is -2.27. The molecule has 2 aromatic carbocycles. The molecule has 0 spiro atoms. The van der Waals surface area contributed by atoms with Crippen LogP contribution in [0.1, 0.15) is 21.5 Å². The van der Waals surface area contributed by atoms with Crippen molar-refractivity contribution in [2.45, 2.75) is 13.0 Å². The van der Waals surface area contributed by atoms with Crippen LogP contribution in [0.4, 0.5) is 0 Å². The van der Waals surface area contributed by atoms with E-state index in [4.69, 9.17) is 4.74 Å². The third-order valence-electron chi connectivity index (χ3n) is 4.65. The first-order valence-corrected chi connectivity index (χ1v) is 9.11. The number of nitrogens with one attached hydrogen (secondary N) is 3. The fraction of sp³-hybridized carbons (Fsp3) is 0.333. The van der Waals surface area contributed by atoms with Crippen molar-refractivity contribution in [1.29, 1.82) is 0 Å². The Morgan fingerprint density at radius 1 is 1.00 bits per heavy atom. The van der Waals surface area contributed by atoms with E-state index in [0.29, 0.717) is 31.0 Å². The minimum absolute atomic E-state index is 0. The Balaban J connectivity index is 0.00000280. The maximum Gasteiger partial charge on any atom is 0.251 e. The Bertz CT molecular complexity index is 774. The minimum atomic E-state index is -0.0583. The maximum atomic E-state index is 12.1. The molecule has 0 saturated carbocycles. The predicted molar refractivity (Wildman–Crippen MR) is 111 cm³/mol. The van der Waals surface area contributed by atoms with E-state index in [1.807, 2.05) is 36.4 Å². The molecule has 1 heterocycles. The number of methoxy groups -OCH3 is 1. The van der Waals surface area contributed by atoms with Crippen molar-refractivity contribution in [3.8, 4) is 5.75 Å². The maximum absolute atomic E-state index is 12.1. The number of ether oxygens (including phenoxy) is 1. The molecule has 1 aliphatic heterocycles. The van der Waals surface area contributed by atoms with E-state index in [0.717, 1.165) is 30.0 Å². The summed E-state index contributed by atoms with van der Waals surface area (Å²) in [7, 11) is 1.61. The van der Waals surface area contributed by atoms with Crippen molar-refractivity contribution in [1.82, 2.24) is 16.0 Å². The molecular formula is C21H26ClN3O3. The summed E-state index contributed by atoms with van der Waals surface area (Å²) in [5, 5.41) is 9.03. The summed E-state index contributed by atoms with van der Waals surface area (Å²) in [6.45, 7) is 3.07. The van der Waals surface area contributed by atoms with Crippen molar-refractivity contribution in [3.63, 3.8) is 0 Å². The first kappa shape index (κ1) is 21.7. The monoisotopic (exact) mass is 403 g/mol. The lowest BCUT2D eigenvalue weighted by molar-refractivity contribution is -0.120. The van der Waals surface area contributed by atoms with Gasteiger partial charge in [-0.1, -0.05) is 24.3 Å². The second-order valence-corrected chi connectivity index (χ2v) is 6.73. The fourth-order valence-electron chi connectivity index (χ4n) is 2.80. The van der Waals surface area contributed by atoms with Gasteiger partial charge in [0.2, 0.25) is 5.91 Å². The summed E-state index contributed by atoms with van der Waals surface area (Å²) >= 11 is 0. The molecule has 6 nitrogen and oxygen atoms in total. The van der Waals surface area contributed by atoms with E-state index in [9.17, 15) is 9.59 Å². The van der Waals surface area contributed by atoms with E-state index in [1.165, 1.54) is 0 Å². The molecule has 3 N–H and O–H groups in total. The molecule has 0 unspecified atom stereocenters. The van der Waals surface area contributed by atoms with Gasteiger partial charge in [0.25, 0.3) is 5.91 Å². The summed E-state index contributed by atoms with van der Waals surface area (Å²) in [6.07, 6.45) is 0.320. The van der Waals surface area contributed by atoms with Crippen molar-refractivity contribution in [2.75, 3.05) is 26.7 Å². The molecule has 0 bridgehead atoms. The smallest absolute Gasteiger partial charge is 0.251 e. The molecule has 1 saturated heterocycles. The summed E-state index contributed by atoms with van der Waals surface area (Å²) in [5.41, 5.74) is 2.52. The largest absolute Gasteiger partial charge is 0.497 e. The minimum Gasteiger partial charge on any atom is -0.497 e. The number of benzene rings is 2. The molecule has 0 aromatic heterocycles. The van der Waals surface area contributed by atoms with E-state index in [-0.39, 0.29) is 24.2 Å². The molecule has 150 valence electrons. The van der Waals surface area contributed by atoms with E-state index in [2.05, 4.69) is 16.0 Å². The van der Waals surface area contributed by atoms with Crippen LogP contribution in [0.5, 0.6) is 5.75 Å². The Kier molecular flexibility index (Phi) is 8.29. The summed E-state index contributed by atoms with van der Waals surface area (Å²) in [5.74, 6) is 1.20. The molecule has 28 heavy (non-hydrogen) atoms. The molecule has 0 aliphatic carbocycles. The zero-order chi connectivity index (χ0) is 19.1. The summed E-state index contributed by atoms with van der Waals surface area (Å²) in [6, 6.07) is 14.8. The van der Waals surface area contributed by atoms with Gasteiger partial charge in [-0.05, 0) is 35.4 Å². The lowest BCUT2D eigenvalue weighted by Crippen LogP contribution is -2.48. The van der Waals surface area contributed by atoms with Crippen molar-refractivity contribution in [3.05, 3.63) is 65.2 Å². The van der Waals surface area contributed by atoms with Gasteiger partial charge in [-0.2, -0.15) is 0 Å². The number of rotatable bonds is 8. The summed E-state index contributed by atoms with van der Waals surface area (Å²) in [4.78, 5) is 24.2. The SMILES string of the molecule is COc1ccc(CC(=O)NCc2ccc(C(=O)NCC3CNC3)cc2)cc1.Cl. The van der Waals surface area contributed by atoms with Gasteiger partial charge in [-0.3, -0.25) is 9.59 Å². The van der Waals surface area contributed by atoms with Gasteiger partial charge in [-0.15, -0.1) is 12.4 Å². The zero-order valence-electron chi connectivity index (χ0n) is 15.9. The summed E-state index contributed by atoms with van der Waals surface area (Å²) < 4.78 is 5.11. The lowest BCUT2D eigenvalue weighted by atomic mass is 10.0. The molecule has 1 fully saturated rings. The van der Waals surface area contributed by atoms with Crippen LogP contribution >= 0.6 is 12.4 Å². The van der Waals surface area contributed by atoms with Crippen molar-refractivity contribution < 1.29 is 14.3 Å². The zero-order valence-corrected chi connectivity index (χ0v) is 16.7. The quantitative estimate of drug-likeness (QED) is 0.629. The number of hydrogen-bond donors (Lipinski definition) is 3. The van der Waals surface area contributed by atoms with Crippen LogP contribution in [0, 0.1) is 5.92 Å². The van der Waals surface area contributed by atoms with Gasteiger partial charge in [0, 0.05) is 37.7 Å². The van der Waals surface area contributed by atoms with Gasteiger partial charge < -0.3 is 20.7 Å². The molecule has 7 heteroatoms. The van der Waals surface area contributed by atoms with Gasteiger partial charge in [-0.25, -0.2) is 0 Å². The highest BCUT2D eigenvalue weighted by Crippen LogP contribution is 2.12. The third-order valence-corrected chi connectivity index (χ3v) is 4.65. The number of hydrogen-bond acceptors (Lipinski definition) is 4. The van der Waals surface area contributed by atoms with Crippen LogP contribution in [-0.4, -0.2) is 38.6 Å². The first-order chi connectivity index (χ1) is 13.1. The molecular weight excluding hydrogens is 378 g/mol. The van der Waals surface area contributed by atoms with Crippen LogP contribution in [0.15, 0.2) is 48.5 Å². The Morgan fingerprint density at radius 2 is 1.64 bits per heavy atom. The van der Waals surface area contributed by atoms with Gasteiger partial charge in [0.05, 0.1) is 13.5 Å². The number of amides is 2. The van der Waals surface area contributed by atoms with Crippen LogP contribution in [-0.2, 0) is 17.8 Å². The van der Waals surface area contributed by atoms with Crippen molar-refractivity contribution in [2.24, 2.45) is 5.92 Å². The fourth-order valence-corrected chi connectivity index (χ4v) is 2.80. The Morgan fingerprint density at radius 3 is 2.21 bits per heavy atom. The van der Waals surface area contributed by atoms with Gasteiger partial charge in [0.15, 0.2) is 0 Å². The van der Waals surface area contributed by atoms with Crippen LogP contribution < -0.4 is 20.7 Å². The van der Waals surface area contributed by atoms with Gasteiger partial charge in [0.1, 0.15) is 5.75 Å². The second kappa shape index (κ2) is 10.7. The number of halogens is 1. The first-order valence-electron chi connectivity index (χ1n) is 9.11. The van der Waals surface area contributed by atoms with Crippen LogP contribution in [0.2, 0.25) is 0 Å². The van der Waals surface area contributed by atoms with Crippen LogP contribution in [0.3, 0.4) is 0 Å². The average molecular weight is 404 g/mol. The number of carbonyl (C=O) groups is 2. The van der Waals surface area contributed by atoms with E-state index in [1.54, 1.807) is 19.2 Å². The number of carbonyl (C=O) groups excluding carboxylic acids is 2. The molecule has 0 atom stereocenters. The highest BCUT2D eigenvalue weighted by atomic mass is 35.5. The standard InChI is InChI=1S/C21H25N3O3.ClH/c1-27-19-8-4-15(5-9-19)10-20(25)23-13-16-2-6-18(7-3-16)21(26)24-14-17-11-22-12-17;/h2-9,17,22H,10-14H2,1H3,(H,23,25)(H,24,26);1H. The predicted octanol–water partition coefficient (Wildman–Crippen LogP) is 1.93. The van der Waals surface area contributed by atoms with Gasteiger partial charge >= 0.3 is 0 Å². The van der Waals surface area contributed by atoms with Crippen LogP contribution in [0.25, 0.3) is 0 Å². The molecule has 1 aliphatic rings. The molecule has 2 amide bonds. The van der Waals surface area contributed by atoms with E-state index >= 15 is 0 Å². The molecule has 2 aromatic rings. The highest BCUT2D eigenvalue weighted by Gasteiger charge is 2.17. The Labute approximate surface area is 171 Å². The van der Waals surface area contributed by atoms with E-state index < -0.39 is 0 Å². The average Bonchev–Trinajstić information content (AvgIpc) is 2.66. The topological polar surface area (TPSA) is 79.5 Å². The third kappa shape index (κ3) is 6.25.